The number of aromatic nitrogens is 1. The van der Waals surface area contributed by atoms with Crippen molar-refractivity contribution in [2.24, 2.45) is 16.5 Å². The second kappa shape index (κ2) is 10.7. The summed E-state index contributed by atoms with van der Waals surface area (Å²) in [5, 5.41) is 2.12. The Kier molecular flexibility index (Phi) is 8.62. The Morgan fingerprint density at radius 2 is 2.00 bits per heavy atom. The van der Waals surface area contributed by atoms with Crippen LogP contribution in [-0.2, 0) is 14.9 Å². The van der Waals surface area contributed by atoms with Crippen LogP contribution in [0.4, 0.5) is 0 Å². The molecule has 0 bridgehead atoms. The Morgan fingerprint density at radius 3 is 2.67 bits per heavy atom. The Labute approximate surface area is 180 Å². The lowest BCUT2D eigenvalue weighted by molar-refractivity contribution is 0.0956. The Morgan fingerprint density at radius 1 is 1.30 bits per heavy atom. The van der Waals surface area contributed by atoms with Crippen LogP contribution in [0.15, 0.2) is 33.6 Å². The van der Waals surface area contributed by atoms with Crippen molar-refractivity contribution in [1.29, 1.82) is 0 Å². The number of hydrogen-bond donors (Lipinski definition) is 3. The molecule has 0 saturated heterocycles. The molecule has 1 aromatic carbocycles. The van der Waals surface area contributed by atoms with Gasteiger partial charge in [-0.3, -0.25) is 14.6 Å². The van der Waals surface area contributed by atoms with Gasteiger partial charge in [0.15, 0.2) is 5.01 Å². The molecule has 11 heteroatoms. The highest BCUT2D eigenvalue weighted by Crippen LogP contribution is 2.22. The Hall–Kier alpha value is -2.18. The number of carbonyl (C=O) groups excluding carboxylic acids is 1. The number of ketones is 1. The van der Waals surface area contributed by atoms with Gasteiger partial charge in [0.25, 0.3) is 10.0 Å². The number of nitrogens with zero attached hydrogens (tertiary/aromatic N) is 2. The van der Waals surface area contributed by atoms with Gasteiger partial charge in [0.1, 0.15) is 12.4 Å². The van der Waals surface area contributed by atoms with E-state index < -0.39 is 16.1 Å². The first kappa shape index (κ1) is 24.1. The van der Waals surface area contributed by atoms with E-state index in [0.29, 0.717) is 35.5 Å². The number of benzene rings is 1. The van der Waals surface area contributed by atoms with E-state index in [9.17, 15) is 13.2 Å². The van der Waals surface area contributed by atoms with Crippen LogP contribution < -0.4 is 16.4 Å². The smallest absolute Gasteiger partial charge is 0.263 e. The molecule has 0 amide bonds. The SMILES string of the molecule is Cc1ccc(C)c(S(=O)(=O)NOCC(N)=NCCCC(N)C(=O)c2nccs2)c1C. The van der Waals surface area contributed by atoms with Gasteiger partial charge < -0.3 is 11.5 Å². The zero-order valence-corrected chi connectivity index (χ0v) is 18.8. The molecule has 2 rings (SSSR count). The predicted octanol–water partition coefficient (Wildman–Crippen LogP) is 1.63. The summed E-state index contributed by atoms with van der Waals surface area (Å²) in [5.74, 6) is -0.0587. The maximum absolute atomic E-state index is 12.5. The Balaban J connectivity index is 1.79. The first-order chi connectivity index (χ1) is 14.1. The maximum atomic E-state index is 12.5. The molecule has 164 valence electrons. The average molecular weight is 454 g/mol. The lowest BCUT2D eigenvalue weighted by Gasteiger charge is -2.13. The molecule has 0 spiro atoms. The minimum atomic E-state index is -3.85. The fourth-order valence-electron chi connectivity index (χ4n) is 2.78. The number of rotatable bonds is 11. The summed E-state index contributed by atoms with van der Waals surface area (Å²) in [6.07, 6.45) is 2.55. The van der Waals surface area contributed by atoms with Gasteiger partial charge in [-0.1, -0.05) is 17.0 Å². The van der Waals surface area contributed by atoms with Crippen LogP contribution in [0.3, 0.4) is 0 Å². The molecule has 0 fully saturated rings. The van der Waals surface area contributed by atoms with E-state index in [1.807, 2.05) is 13.0 Å². The van der Waals surface area contributed by atoms with Crippen molar-refractivity contribution < 1.29 is 18.0 Å². The monoisotopic (exact) mass is 453 g/mol. The maximum Gasteiger partial charge on any atom is 0.263 e. The number of nitrogens with two attached hydrogens (primary N) is 2. The van der Waals surface area contributed by atoms with Gasteiger partial charge in [0.2, 0.25) is 5.78 Å². The van der Waals surface area contributed by atoms with Crippen molar-refractivity contribution in [2.45, 2.75) is 44.6 Å². The third kappa shape index (κ3) is 6.41. The number of carbonyl (C=O) groups is 1. The van der Waals surface area contributed by atoms with Crippen molar-refractivity contribution in [3.05, 3.63) is 45.4 Å². The van der Waals surface area contributed by atoms with Crippen molar-refractivity contribution >= 4 is 33.0 Å². The quantitative estimate of drug-likeness (QED) is 0.154. The van der Waals surface area contributed by atoms with Crippen LogP contribution in [0.1, 0.15) is 39.3 Å². The lowest BCUT2D eigenvalue weighted by Crippen LogP contribution is -2.31. The summed E-state index contributed by atoms with van der Waals surface area (Å²) in [7, 11) is -3.85. The van der Waals surface area contributed by atoms with Crippen LogP contribution in [0.2, 0.25) is 0 Å². The second-order valence-corrected chi connectivity index (χ2v) is 9.33. The minimum Gasteiger partial charge on any atom is -0.385 e. The van der Waals surface area contributed by atoms with Gasteiger partial charge in [0, 0.05) is 18.1 Å². The number of aliphatic imine (C=N–C) groups is 1. The molecule has 0 radical (unpaired) electrons. The van der Waals surface area contributed by atoms with E-state index in [1.165, 1.54) is 11.3 Å². The topological polar surface area (TPSA) is 150 Å². The largest absolute Gasteiger partial charge is 0.385 e. The summed E-state index contributed by atoms with van der Waals surface area (Å²) in [6, 6.07) is 2.97. The van der Waals surface area contributed by atoms with Gasteiger partial charge in [-0.2, -0.15) is 0 Å². The van der Waals surface area contributed by atoms with Crippen LogP contribution in [-0.4, -0.2) is 44.2 Å². The molecule has 1 unspecified atom stereocenters. The van der Waals surface area contributed by atoms with Gasteiger partial charge in [-0.25, -0.2) is 13.4 Å². The van der Waals surface area contributed by atoms with Crippen molar-refractivity contribution in [2.75, 3.05) is 13.2 Å². The molecular weight excluding hydrogens is 426 g/mol. The van der Waals surface area contributed by atoms with Crippen molar-refractivity contribution in [3.8, 4) is 0 Å². The summed E-state index contributed by atoms with van der Waals surface area (Å²) < 4.78 is 25.1. The van der Waals surface area contributed by atoms with Crippen molar-refractivity contribution in [1.82, 2.24) is 9.87 Å². The summed E-state index contributed by atoms with van der Waals surface area (Å²) >= 11 is 1.25. The highest BCUT2D eigenvalue weighted by molar-refractivity contribution is 7.89. The van der Waals surface area contributed by atoms with Crippen LogP contribution in [0, 0.1) is 20.8 Å². The first-order valence-electron chi connectivity index (χ1n) is 9.32. The molecule has 0 aliphatic rings. The van der Waals surface area contributed by atoms with E-state index in [1.54, 1.807) is 31.5 Å². The summed E-state index contributed by atoms with van der Waals surface area (Å²) in [5.41, 5.74) is 13.8. The van der Waals surface area contributed by atoms with E-state index in [2.05, 4.69) is 14.9 Å². The molecule has 2 aromatic rings. The molecule has 1 heterocycles. The molecule has 0 aliphatic carbocycles. The number of Topliss-reactive ketones (excluding diaryl/α,β-unsaturated/α-hetero) is 1. The van der Waals surface area contributed by atoms with Crippen molar-refractivity contribution in [3.63, 3.8) is 0 Å². The van der Waals surface area contributed by atoms with E-state index in [4.69, 9.17) is 16.3 Å². The van der Waals surface area contributed by atoms with Crippen LogP contribution >= 0.6 is 11.3 Å². The fourth-order valence-corrected chi connectivity index (χ4v) is 4.77. The molecule has 30 heavy (non-hydrogen) atoms. The molecule has 5 N–H and O–H groups in total. The molecule has 9 nitrogen and oxygen atoms in total. The normalized spacial score (nSPS) is 13.4. The highest BCUT2D eigenvalue weighted by Gasteiger charge is 2.21. The number of thiazole rings is 1. The molecule has 1 aromatic heterocycles. The second-order valence-electron chi connectivity index (χ2n) is 6.85. The van der Waals surface area contributed by atoms with Gasteiger partial charge >= 0.3 is 0 Å². The lowest BCUT2D eigenvalue weighted by atomic mass is 10.1. The molecular formula is C19H27N5O4S2. The van der Waals surface area contributed by atoms with Gasteiger partial charge in [0.05, 0.1) is 10.9 Å². The zero-order valence-electron chi connectivity index (χ0n) is 17.2. The van der Waals surface area contributed by atoms with Crippen LogP contribution in [0.5, 0.6) is 0 Å². The number of amidine groups is 1. The number of sulfonamides is 1. The zero-order chi connectivity index (χ0) is 22.3. The Bertz CT molecular complexity index is 1000. The number of hydrogen-bond acceptors (Lipinski definition) is 8. The average Bonchev–Trinajstić information content (AvgIpc) is 3.22. The molecule has 0 aliphatic heterocycles. The molecule has 0 saturated carbocycles. The van der Waals surface area contributed by atoms with Gasteiger partial charge in [-0.05, 0) is 50.3 Å². The minimum absolute atomic E-state index is 0.134. The summed E-state index contributed by atoms with van der Waals surface area (Å²) in [4.78, 5) is 27.4. The fraction of sp³-hybridized carbons (Fsp3) is 0.421. The summed E-state index contributed by atoms with van der Waals surface area (Å²) in [6.45, 7) is 5.46. The number of aryl methyl sites for hydroxylation is 2. The van der Waals surface area contributed by atoms with E-state index >= 15 is 0 Å². The van der Waals surface area contributed by atoms with Gasteiger partial charge in [-0.15, -0.1) is 11.3 Å². The third-order valence-electron chi connectivity index (χ3n) is 4.50. The van der Waals surface area contributed by atoms with E-state index in [0.717, 1.165) is 5.56 Å². The number of nitrogens with one attached hydrogen (secondary N) is 1. The van der Waals surface area contributed by atoms with Crippen LogP contribution in [0.25, 0.3) is 0 Å². The van der Waals surface area contributed by atoms with E-state index in [-0.39, 0.29) is 23.1 Å². The highest BCUT2D eigenvalue weighted by atomic mass is 32.2. The standard InChI is InChI=1S/C19H27N5O4S2/c1-12-6-7-13(2)18(14(12)3)30(26,27)24-28-11-16(21)22-8-4-5-15(20)17(25)19-23-9-10-29-19/h6-7,9-10,15,24H,4-5,8,11,20H2,1-3H3,(H2,21,22). The molecule has 1 atom stereocenters. The third-order valence-corrected chi connectivity index (χ3v) is 6.79. The predicted molar refractivity (Wildman–Crippen MR) is 117 cm³/mol. The first-order valence-corrected chi connectivity index (χ1v) is 11.7.